The molecule has 12 heavy (non-hydrogen) atoms. The first kappa shape index (κ1) is 9.72. The molecule has 0 amide bonds. The second-order valence-electron chi connectivity index (χ2n) is 4.04. The van der Waals surface area contributed by atoms with Gasteiger partial charge in [0, 0.05) is 0 Å². The van der Waals surface area contributed by atoms with Gasteiger partial charge >= 0.3 is 0 Å². The van der Waals surface area contributed by atoms with Crippen molar-refractivity contribution < 1.29 is 4.79 Å². The second-order valence-corrected chi connectivity index (χ2v) is 4.04. The van der Waals surface area contributed by atoms with Crippen molar-refractivity contribution in [1.82, 2.24) is 0 Å². The Labute approximate surface area is 74.5 Å². The summed E-state index contributed by atoms with van der Waals surface area (Å²) in [5.41, 5.74) is 5.79. The maximum atomic E-state index is 11.0. The zero-order chi connectivity index (χ0) is 9.14. The Morgan fingerprint density at radius 1 is 1.42 bits per heavy atom. The number of hydrogen-bond acceptors (Lipinski definition) is 2. The van der Waals surface area contributed by atoms with Crippen molar-refractivity contribution in [3.05, 3.63) is 0 Å². The van der Waals surface area contributed by atoms with Gasteiger partial charge in [-0.2, -0.15) is 0 Å². The van der Waals surface area contributed by atoms with Crippen LogP contribution in [-0.4, -0.2) is 11.8 Å². The predicted octanol–water partition coefficient (Wildman–Crippen LogP) is 1.73. The minimum atomic E-state index is -0.229. The van der Waals surface area contributed by atoms with Crippen LogP contribution in [0.15, 0.2) is 0 Å². The van der Waals surface area contributed by atoms with Crippen molar-refractivity contribution in [3.8, 4) is 0 Å². The number of carbonyl (C=O) groups excluding carboxylic acids is 1. The van der Waals surface area contributed by atoms with Crippen LogP contribution in [0.3, 0.4) is 0 Å². The van der Waals surface area contributed by atoms with Crippen LogP contribution in [0, 0.1) is 11.8 Å². The molecule has 70 valence electrons. The fourth-order valence-corrected chi connectivity index (χ4v) is 2.15. The summed E-state index contributed by atoms with van der Waals surface area (Å²) < 4.78 is 0. The topological polar surface area (TPSA) is 43.1 Å². The van der Waals surface area contributed by atoms with Gasteiger partial charge in [-0.3, -0.25) is 4.79 Å². The Hall–Kier alpha value is -0.370. The summed E-state index contributed by atoms with van der Waals surface area (Å²) in [6, 6.07) is -0.229. The third kappa shape index (κ3) is 2.07. The van der Waals surface area contributed by atoms with Crippen LogP contribution in [0.2, 0.25) is 0 Å². The Morgan fingerprint density at radius 2 is 1.92 bits per heavy atom. The maximum Gasteiger partial charge on any atom is 0.146 e. The molecule has 1 aliphatic carbocycles. The number of hydrogen-bond donors (Lipinski definition) is 1. The monoisotopic (exact) mass is 169 g/mol. The molecule has 0 aliphatic heterocycles. The summed E-state index contributed by atoms with van der Waals surface area (Å²) in [7, 11) is 0. The van der Waals surface area contributed by atoms with Gasteiger partial charge in [0.25, 0.3) is 0 Å². The van der Waals surface area contributed by atoms with Crippen LogP contribution in [0.25, 0.3) is 0 Å². The Balaban J connectivity index is 2.44. The average molecular weight is 169 g/mol. The SMILES string of the molecule is CC(=O)[C@H](N)[C@H](C)C1CCCC1. The van der Waals surface area contributed by atoms with Crippen LogP contribution in [-0.2, 0) is 4.79 Å². The number of carbonyl (C=O) groups is 1. The van der Waals surface area contributed by atoms with E-state index in [1.54, 1.807) is 6.92 Å². The van der Waals surface area contributed by atoms with Crippen molar-refractivity contribution in [2.24, 2.45) is 17.6 Å². The van der Waals surface area contributed by atoms with Gasteiger partial charge in [-0.1, -0.05) is 32.6 Å². The first-order valence-electron chi connectivity index (χ1n) is 4.89. The minimum Gasteiger partial charge on any atom is -0.321 e. The summed E-state index contributed by atoms with van der Waals surface area (Å²) in [6.07, 6.45) is 5.17. The molecule has 0 spiro atoms. The van der Waals surface area contributed by atoms with Gasteiger partial charge in [-0.25, -0.2) is 0 Å². The van der Waals surface area contributed by atoms with E-state index >= 15 is 0 Å². The van der Waals surface area contributed by atoms with Crippen molar-refractivity contribution >= 4 is 5.78 Å². The molecular weight excluding hydrogens is 150 g/mol. The Morgan fingerprint density at radius 3 is 2.33 bits per heavy atom. The summed E-state index contributed by atoms with van der Waals surface area (Å²) in [5.74, 6) is 1.21. The zero-order valence-electron chi connectivity index (χ0n) is 8.05. The molecule has 0 heterocycles. The van der Waals surface area contributed by atoms with E-state index in [0.717, 1.165) is 0 Å². The van der Waals surface area contributed by atoms with E-state index < -0.39 is 0 Å². The molecule has 1 rings (SSSR count). The van der Waals surface area contributed by atoms with Crippen molar-refractivity contribution in [2.45, 2.75) is 45.6 Å². The lowest BCUT2D eigenvalue weighted by Crippen LogP contribution is -2.38. The molecule has 0 unspecified atom stereocenters. The van der Waals surface area contributed by atoms with Gasteiger partial charge < -0.3 is 5.73 Å². The summed E-state index contributed by atoms with van der Waals surface area (Å²) in [6.45, 7) is 3.71. The van der Waals surface area contributed by atoms with Crippen LogP contribution in [0.4, 0.5) is 0 Å². The molecule has 0 bridgehead atoms. The van der Waals surface area contributed by atoms with E-state index in [1.807, 2.05) is 0 Å². The van der Waals surface area contributed by atoms with Crippen molar-refractivity contribution in [1.29, 1.82) is 0 Å². The van der Waals surface area contributed by atoms with Gasteiger partial charge in [0.15, 0.2) is 0 Å². The third-order valence-corrected chi connectivity index (χ3v) is 3.18. The number of Topliss-reactive ketones (excluding diaryl/α,β-unsaturated/α-hetero) is 1. The van der Waals surface area contributed by atoms with Gasteiger partial charge in [0.1, 0.15) is 5.78 Å². The van der Waals surface area contributed by atoms with Gasteiger partial charge in [0.2, 0.25) is 0 Å². The molecule has 0 radical (unpaired) electrons. The van der Waals surface area contributed by atoms with Crippen LogP contribution >= 0.6 is 0 Å². The zero-order valence-corrected chi connectivity index (χ0v) is 8.05. The number of rotatable bonds is 3. The van der Waals surface area contributed by atoms with Gasteiger partial charge in [-0.15, -0.1) is 0 Å². The molecule has 2 atom stereocenters. The molecule has 2 heteroatoms. The second kappa shape index (κ2) is 4.04. The van der Waals surface area contributed by atoms with E-state index in [4.69, 9.17) is 5.73 Å². The molecule has 2 N–H and O–H groups in total. The largest absolute Gasteiger partial charge is 0.321 e. The van der Waals surface area contributed by atoms with Crippen LogP contribution < -0.4 is 5.73 Å². The first-order valence-corrected chi connectivity index (χ1v) is 4.89. The third-order valence-electron chi connectivity index (χ3n) is 3.18. The molecule has 1 saturated carbocycles. The maximum absolute atomic E-state index is 11.0. The smallest absolute Gasteiger partial charge is 0.146 e. The Bertz CT molecular complexity index is 161. The molecular formula is C10H19NO. The molecule has 0 saturated heterocycles. The molecule has 0 aromatic heterocycles. The minimum absolute atomic E-state index is 0.134. The highest BCUT2D eigenvalue weighted by Crippen LogP contribution is 2.32. The quantitative estimate of drug-likeness (QED) is 0.699. The average Bonchev–Trinajstić information content (AvgIpc) is 2.53. The predicted molar refractivity (Wildman–Crippen MR) is 49.8 cm³/mol. The Kier molecular flexibility index (Phi) is 3.27. The fraction of sp³-hybridized carbons (Fsp3) is 0.900. The molecule has 0 aromatic carbocycles. The number of nitrogens with two attached hydrogens (primary N) is 1. The molecule has 1 aliphatic rings. The van der Waals surface area contributed by atoms with E-state index in [1.165, 1.54) is 25.7 Å². The van der Waals surface area contributed by atoms with Gasteiger partial charge in [0.05, 0.1) is 6.04 Å². The summed E-state index contributed by atoms with van der Waals surface area (Å²) >= 11 is 0. The molecule has 0 aromatic rings. The van der Waals surface area contributed by atoms with E-state index in [2.05, 4.69) is 6.92 Å². The molecule has 1 fully saturated rings. The van der Waals surface area contributed by atoms with Crippen molar-refractivity contribution in [3.63, 3.8) is 0 Å². The summed E-state index contributed by atoms with van der Waals surface area (Å²) in [4.78, 5) is 11.0. The number of ketones is 1. The highest BCUT2D eigenvalue weighted by molar-refractivity contribution is 5.81. The molecule has 2 nitrogen and oxygen atoms in total. The lowest BCUT2D eigenvalue weighted by molar-refractivity contribution is -0.119. The lowest BCUT2D eigenvalue weighted by atomic mass is 9.85. The summed E-state index contributed by atoms with van der Waals surface area (Å²) in [5, 5.41) is 0. The van der Waals surface area contributed by atoms with Crippen LogP contribution in [0.5, 0.6) is 0 Å². The van der Waals surface area contributed by atoms with Crippen LogP contribution in [0.1, 0.15) is 39.5 Å². The fourth-order valence-electron chi connectivity index (χ4n) is 2.15. The van der Waals surface area contributed by atoms with Crippen molar-refractivity contribution in [2.75, 3.05) is 0 Å². The van der Waals surface area contributed by atoms with E-state index in [9.17, 15) is 4.79 Å². The van der Waals surface area contributed by atoms with Gasteiger partial charge in [-0.05, 0) is 18.8 Å². The highest BCUT2D eigenvalue weighted by Gasteiger charge is 2.27. The standard InChI is InChI=1S/C10H19NO/c1-7(10(11)8(2)12)9-5-3-4-6-9/h7,9-10H,3-6,11H2,1-2H3/t7-,10-/m1/s1. The van der Waals surface area contributed by atoms with E-state index in [0.29, 0.717) is 11.8 Å². The van der Waals surface area contributed by atoms with E-state index in [-0.39, 0.29) is 11.8 Å². The lowest BCUT2D eigenvalue weighted by Gasteiger charge is -2.23. The normalized spacial score (nSPS) is 23.9. The first-order chi connectivity index (χ1) is 5.63. The highest BCUT2D eigenvalue weighted by atomic mass is 16.1.